The van der Waals surface area contributed by atoms with Crippen LogP contribution < -0.4 is 0 Å². The van der Waals surface area contributed by atoms with Crippen molar-refractivity contribution in [2.75, 3.05) is 0 Å². The molecule has 0 fully saturated rings. The fraction of sp³-hybridized carbons (Fsp3) is 1.00. The monoisotopic (exact) mass is 406 g/mol. The summed E-state index contributed by atoms with van der Waals surface area (Å²) < 4.78 is 3.36. The van der Waals surface area contributed by atoms with E-state index < -0.39 is 0 Å². The van der Waals surface area contributed by atoms with Gasteiger partial charge in [0, 0.05) is 0 Å². The van der Waals surface area contributed by atoms with E-state index in [0.29, 0.717) is 0 Å². The van der Waals surface area contributed by atoms with Gasteiger partial charge in [0.1, 0.15) is 0 Å². The number of unbranched alkanes of at least 4 members (excludes halogenated alkanes) is 8. The van der Waals surface area contributed by atoms with Crippen molar-refractivity contribution < 1.29 is 0 Å². The first-order valence-corrected chi connectivity index (χ1v) is 12.6. The van der Waals surface area contributed by atoms with Crippen LogP contribution in [0.4, 0.5) is 0 Å². The number of hydrogen-bond donors (Lipinski definition) is 0. The Hall–Kier alpha value is 0.922. The van der Waals surface area contributed by atoms with Crippen LogP contribution in [0.15, 0.2) is 0 Å². The molecule has 0 saturated heterocycles. The summed E-state index contributed by atoms with van der Waals surface area (Å²) in [6.45, 7) is 4.60. The third-order valence-corrected chi connectivity index (χ3v) is 8.41. The molecule has 0 spiro atoms. The molecule has 0 amide bonds. The van der Waals surface area contributed by atoms with Gasteiger partial charge in [-0.1, -0.05) is 0 Å². The van der Waals surface area contributed by atoms with Crippen molar-refractivity contribution >= 4 is 24.2 Å². The summed E-state index contributed by atoms with van der Waals surface area (Å²) in [6.07, 6.45) is 14.9. The van der Waals surface area contributed by atoms with Crippen molar-refractivity contribution in [1.82, 2.24) is 0 Å². The second-order valence-corrected chi connectivity index (χ2v) is 10.4. The molecular formula is C14H30Pb. The van der Waals surface area contributed by atoms with Crippen LogP contribution in [0.3, 0.4) is 0 Å². The summed E-state index contributed by atoms with van der Waals surface area (Å²) >= 11 is -0.114. The van der Waals surface area contributed by atoms with Gasteiger partial charge in [-0.15, -0.1) is 0 Å². The molecule has 90 valence electrons. The molecule has 0 bridgehead atoms. The van der Waals surface area contributed by atoms with E-state index in [4.69, 9.17) is 0 Å². The van der Waals surface area contributed by atoms with Gasteiger partial charge < -0.3 is 0 Å². The van der Waals surface area contributed by atoms with Crippen LogP contribution in [0.5, 0.6) is 0 Å². The molecule has 0 saturated carbocycles. The van der Waals surface area contributed by atoms with Crippen LogP contribution in [0.1, 0.15) is 78.1 Å². The van der Waals surface area contributed by atoms with E-state index in [0.717, 1.165) is 0 Å². The van der Waals surface area contributed by atoms with Gasteiger partial charge in [-0.25, -0.2) is 0 Å². The van der Waals surface area contributed by atoms with E-state index in [-0.39, 0.29) is 24.2 Å². The maximum absolute atomic E-state index is 2.30. The first-order chi connectivity index (χ1) is 7.41. The molecule has 0 aliphatic heterocycles. The Labute approximate surface area is 110 Å². The average Bonchev–Trinajstić information content (AvgIpc) is 2.26. The van der Waals surface area contributed by atoms with Crippen LogP contribution in [0.2, 0.25) is 7.96 Å². The van der Waals surface area contributed by atoms with Crippen LogP contribution >= 0.6 is 0 Å². The van der Waals surface area contributed by atoms with E-state index in [9.17, 15) is 0 Å². The second kappa shape index (κ2) is 14.9. The number of hydrogen-bond acceptors (Lipinski definition) is 0. The van der Waals surface area contributed by atoms with Crippen LogP contribution in [0, 0.1) is 0 Å². The Bertz CT molecular complexity index is 89.5. The van der Waals surface area contributed by atoms with E-state index in [2.05, 4.69) is 13.8 Å². The van der Waals surface area contributed by atoms with E-state index in [1.54, 1.807) is 20.8 Å². The average molecular weight is 406 g/mol. The van der Waals surface area contributed by atoms with Gasteiger partial charge in [0.05, 0.1) is 0 Å². The van der Waals surface area contributed by atoms with Gasteiger partial charge in [-0.05, 0) is 0 Å². The molecule has 0 heterocycles. The van der Waals surface area contributed by atoms with E-state index in [1.807, 2.05) is 0 Å². The first kappa shape index (κ1) is 15.9. The summed E-state index contributed by atoms with van der Waals surface area (Å²) in [4.78, 5) is 0. The van der Waals surface area contributed by atoms with Crippen molar-refractivity contribution in [3.05, 3.63) is 0 Å². The molecule has 0 aliphatic carbocycles. The van der Waals surface area contributed by atoms with Crippen LogP contribution in [-0.4, -0.2) is 24.2 Å². The van der Waals surface area contributed by atoms with Crippen molar-refractivity contribution in [3.8, 4) is 0 Å². The minimum atomic E-state index is -0.114. The molecule has 0 aromatic rings. The third-order valence-electron chi connectivity index (χ3n) is 2.91. The second-order valence-electron chi connectivity index (χ2n) is 4.58. The fourth-order valence-corrected chi connectivity index (χ4v) is 6.69. The van der Waals surface area contributed by atoms with Crippen LogP contribution in [0.25, 0.3) is 0 Å². The predicted octanol–water partition coefficient (Wildman–Crippen LogP) is 5.47. The van der Waals surface area contributed by atoms with Crippen molar-refractivity contribution in [1.29, 1.82) is 0 Å². The molecule has 1 heteroatoms. The molecule has 0 rings (SSSR count). The van der Waals surface area contributed by atoms with Crippen molar-refractivity contribution in [2.45, 2.75) is 86.0 Å². The zero-order valence-electron chi connectivity index (χ0n) is 11.0. The molecule has 0 aromatic heterocycles. The SMILES string of the molecule is CCCCCC[CH2][Pb][CH2]CCCCCC. The zero-order valence-corrected chi connectivity index (χ0v) is 14.9. The Morgan fingerprint density at radius 2 is 0.933 bits per heavy atom. The summed E-state index contributed by atoms with van der Waals surface area (Å²) in [6, 6.07) is 0. The topological polar surface area (TPSA) is 0 Å². The third kappa shape index (κ3) is 14.9. The van der Waals surface area contributed by atoms with Gasteiger partial charge in [0.2, 0.25) is 0 Å². The first-order valence-electron chi connectivity index (χ1n) is 7.12. The summed E-state index contributed by atoms with van der Waals surface area (Å²) in [5.41, 5.74) is 0. The summed E-state index contributed by atoms with van der Waals surface area (Å²) in [5, 5.41) is 0. The van der Waals surface area contributed by atoms with Gasteiger partial charge in [0.25, 0.3) is 0 Å². The summed E-state index contributed by atoms with van der Waals surface area (Å²) in [5.74, 6) is 0. The molecule has 0 N–H and O–H groups in total. The zero-order chi connectivity index (χ0) is 11.2. The normalized spacial score (nSPS) is 10.8. The van der Waals surface area contributed by atoms with Gasteiger partial charge in [-0.3, -0.25) is 0 Å². The van der Waals surface area contributed by atoms with E-state index >= 15 is 0 Å². The fourth-order valence-electron chi connectivity index (χ4n) is 1.83. The Morgan fingerprint density at radius 3 is 1.33 bits per heavy atom. The van der Waals surface area contributed by atoms with Gasteiger partial charge in [-0.2, -0.15) is 0 Å². The molecule has 0 aromatic carbocycles. The Kier molecular flexibility index (Phi) is 15.8. The van der Waals surface area contributed by atoms with E-state index in [1.165, 1.54) is 51.4 Å². The maximum atomic E-state index is 2.30. The van der Waals surface area contributed by atoms with Gasteiger partial charge >= 0.3 is 110 Å². The number of rotatable bonds is 12. The molecule has 0 unspecified atom stereocenters. The minimum absolute atomic E-state index is 0.114. The molecule has 2 radical (unpaired) electrons. The van der Waals surface area contributed by atoms with Crippen LogP contribution in [-0.2, 0) is 0 Å². The van der Waals surface area contributed by atoms with Crippen molar-refractivity contribution in [2.24, 2.45) is 0 Å². The predicted molar refractivity (Wildman–Crippen MR) is 72.9 cm³/mol. The summed E-state index contributed by atoms with van der Waals surface area (Å²) in [7, 11) is 0. The molecule has 0 nitrogen and oxygen atoms in total. The Morgan fingerprint density at radius 1 is 0.533 bits per heavy atom. The molecule has 15 heavy (non-hydrogen) atoms. The van der Waals surface area contributed by atoms with Crippen molar-refractivity contribution in [3.63, 3.8) is 0 Å². The quantitative estimate of drug-likeness (QED) is 0.298. The van der Waals surface area contributed by atoms with Gasteiger partial charge in [0.15, 0.2) is 0 Å². The molecule has 0 aliphatic rings. The molecular weight excluding hydrogens is 375 g/mol. The molecule has 0 atom stereocenters. The standard InChI is InChI=1S/2C7H15.Pb/c2*1-3-5-7-6-4-2;/h2*1,3-7H2,2H3;. The Balaban J connectivity index is 2.81.